The van der Waals surface area contributed by atoms with Gasteiger partial charge < -0.3 is 28.7 Å². The van der Waals surface area contributed by atoms with E-state index in [1.54, 1.807) is 0 Å². The fourth-order valence-corrected chi connectivity index (χ4v) is 10.7. The van der Waals surface area contributed by atoms with Gasteiger partial charge in [-0.1, -0.05) is 49.2 Å². The average Bonchev–Trinajstić information content (AvgIpc) is 3.66. The second-order valence-corrected chi connectivity index (χ2v) is 16.0. The summed E-state index contributed by atoms with van der Waals surface area (Å²) in [6.07, 6.45) is 15.9. The van der Waals surface area contributed by atoms with Crippen LogP contribution in [0.15, 0.2) is 48.5 Å². The number of esters is 2. The molecule has 4 aliphatic heterocycles. The van der Waals surface area contributed by atoms with Gasteiger partial charge in [0, 0.05) is 11.1 Å². The molecule has 4 fully saturated rings. The van der Waals surface area contributed by atoms with Gasteiger partial charge in [0.25, 0.3) is 0 Å². The molecule has 50 heavy (non-hydrogen) atoms. The summed E-state index contributed by atoms with van der Waals surface area (Å²) in [5.74, 6) is -0.167. The molecule has 2 aromatic rings. The molecule has 6 aliphatic rings. The molecule has 0 radical (unpaired) electrons. The summed E-state index contributed by atoms with van der Waals surface area (Å²) in [6, 6.07) is 16.4. The van der Waals surface area contributed by atoms with Crippen LogP contribution in [0.1, 0.15) is 126 Å². The van der Waals surface area contributed by atoms with Crippen LogP contribution in [0, 0.1) is 0 Å². The quantitative estimate of drug-likeness (QED) is 0.188. The van der Waals surface area contributed by atoms with Gasteiger partial charge >= 0.3 is 11.9 Å². The normalized spacial score (nSPS) is 32.1. The van der Waals surface area contributed by atoms with Crippen molar-refractivity contribution in [3.8, 4) is 11.5 Å². The summed E-state index contributed by atoms with van der Waals surface area (Å²) in [5, 5.41) is 0. The molecule has 2 aliphatic carbocycles. The number of likely N-dealkylation sites (tertiary alicyclic amines) is 2. The van der Waals surface area contributed by atoms with Crippen LogP contribution in [0.5, 0.6) is 11.5 Å². The Morgan fingerprint density at radius 3 is 1.46 bits per heavy atom. The Labute approximate surface area is 298 Å². The van der Waals surface area contributed by atoms with Gasteiger partial charge in [-0.2, -0.15) is 0 Å². The second-order valence-electron chi connectivity index (χ2n) is 16.0. The number of hydrogen-bond donors (Lipinski definition) is 0. The third-order valence-corrected chi connectivity index (χ3v) is 12.9. The molecular weight excluding hydrogens is 628 g/mol. The first-order chi connectivity index (χ1) is 24.5. The molecular formula is C42H56N2O6. The van der Waals surface area contributed by atoms with Crippen molar-refractivity contribution < 1.29 is 28.5 Å². The van der Waals surface area contributed by atoms with Crippen LogP contribution in [0.25, 0.3) is 0 Å². The van der Waals surface area contributed by atoms with Crippen molar-refractivity contribution in [2.75, 3.05) is 39.3 Å². The highest BCUT2D eigenvalue weighted by atomic mass is 16.6. The lowest BCUT2D eigenvalue weighted by Crippen LogP contribution is -2.50. The zero-order chi connectivity index (χ0) is 34.0. The molecule has 0 N–H and O–H groups in total. The Balaban J connectivity index is 0.950. The molecule has 8 rings (SSSR count). The van der Waals surface area contributed by atoms with E-state index in [1.807, 2.05) is 36.4 Å². The maximum atomic E-state index is 13.7. The number of benzene rings is 2. The van der Waals surface area contributed by atoms with E-state index in [-0.39, 0.29) is 11.8 Å². The number of carbonyl (C=O) groups is 2. The zero-order valence-corrected chi connectivity index (χ0v) is 29.8. The van der Waals surface area contributed by atoms with Crippen molar-refractivity contribution in [1.29, 1.82) is 0 Å². The first-order valence-corrected chi connectivity index (χ1v) is 20.0. The van der Waals surface area contributed by atoms with Crippen molar-refractivity contribution in [3.63, 3.8) is 0 Å². The Morgan fingerprint density at radius 2 is 1.02 bits per heavy atom. The summed E-state index contributed by atoms with van der Waals surface area (Å²) >= 11 is 0. The third-order valence-electron chi connectivity index (χ3n) is 12.9. The van der Waals surface area contributed by atoms with E-state index >= 15 is 0 Å². The first-order valence-electron chi connectivity index (χ1n) is 20.0. The highest BCUT2D eigenvalue weighted by molar-refractivity contribution is 6.29. The molecule has 0 spiro atoms. The lowest BCUT2D eigenvalue weighted by atomic mass is 9.69. The van der Waals surface area contributed by atoms with E-state index in [0.29, 0.717) is 12.8 Å². The van der Waals surface area contributed by atoms with Crippen LogP contribution in [-0.4, -0.2) is 84.4 Å². The lowest BCUT2D eigenvalue weighted by Gasteiger charge is -2.43. The summed E-state index contributed by atoms with van der Waals surface area (Å²) in [5.41, 5.74) is 1.35. The van der Waals surface area contributed by atoms with Crippen molar-refractivity contribution in [1.82, 2.24) is 9.80 Å². The number of fused-ring (bicyclic) bond motifs is 6. The van der Waals surface area contributed by atoms with Crippen molar-refractivity contribution in [2.24, 2.45) is 0 Å². The maximum Gasteiger partial charge on any atom is 0.417 e. The number of para-hydroxylation sites is 2. The average molecular weight is 685 g/mol. The van der Waals surface area contributed by atoms with Gasteiger partial charge in [0.1, 0.15) is 34.9 Å². The molecule has 8 heteroatoms. The van der Waals surface area contributed by atoms with E-state index in [0.717, 1.165) is 87.1 Å². The number of nitrogens with zero attached hydrogens (tertiary/aromatic N) is 2. The molecule has 4 heterocycles. The van der Waals surface area contributed by atoms with Crippen molar-refractivity contribution in [2.45, 2.75) is 138 Å². The Hall–Kier alpha value is -3.10. The molecule has 6 atom stereocenters. The number of ether oxygens (including phenoxy) is 4. The SMILES string of the molecule is O=C(OC1CCCC2(CCCN3CCCCC3)Oc3ccccc3C12)C(=O)OC1CCCC2(CCCN3CCCCC3)Oc3ccccc3C12. The Morgan fingerprint density at radius 1 is 0.600 bits per heavy atom. The monoisotopic (exact) mass is 684 g/mol. The molecule has 0 aromatic heterocycles. The van der Waals surface area contributed by atoms with Crippen LogP contribution < -0.4 is 9.47 Å². The Kier molecular flexibility index (Phi) is 10.1. The molecule has 8 nitrogen and oxygen atoms in total. The van der Waals surface area contributed by atoms with E-state index in [1.165, 1.54) is 64.7 Å². The minimum Gasteiger partial charge on any atom is -0.486 e. The van der Waals surface area contributed by atoms with Gasteiger partial charge in [-0.25, -0.2) is 9.59 Å². The topological polar surface area (TPSA) is 77.5 Å². The molecule has 2 saturated heterocycles. The highest BCUT2D eigenvalue weighted by Crippen LogP contribution is 2.56. The van der Waals surface area contributed by atoms with Gasteiger partial charge in [0.15, 0.2) is 0 Å². The maximum absolute atomic E-state index is 13.7. The van der Waals surface area contributed by atoms with Crippen LogP contribution in [0.4, 0.5) is 0 Å². The molecule has 270 valence electrons. The van der Waals surface area contributed by atoms with Crippen LogP contribution in [0.2, 0.25) is 0 Å². The Bertz CT molecular complexity index is 1390. The zero-order valence-electron chi connectivity index (χ0n) is 29.8. The number of carbonyl (C=O) groups excluding carboxylic acids is 2. The molecule has 0 amide bonds. The van der Waals surface area contributed by atoms with Gasteiger partial charge in [-0.05, 0) is 141 Å². The van der Waals surface area contributed by atoms with Gasteiger partial charge in [-0.15, -0.1) is 0 Å². The third kappa shape index (κ3) is 6.79. The summed E-state index contributed by atoms with van der Waals surface area (Å²) in [7, 11) is 0. The van der Waals surface area contributed by atoms with Crippen LogP contribution in [-0.2, 0) is 19.1 Å². The molecule has 0 bridgehead atoms. The summed E-state index contributed by atoms with van der Waals surface area (Å²) in [4.78, 5) is 32.5. The predicted molar refractivity (Wildman–Crippen MR) is 192 cm³/mol. The molecule has 2 aromatic carbocycles. The highest BCUT2D eigenvalue weighted by Gasteiger charge is 2.57. The lowest BCUT2D eigenvalue weighted by molar-refractivity contribution is -0.181. The first kappa shape index (κ1) is 34.0. The molecule has 2 saturated carbocycles. The van der Waals surface area contributed by atoms with Gasteiger partial charge in [0.05, 0.1) is 11.8 Å². The van der Waals surface area contributed by atoms with Crippen LogP contribution in [0.3, 0.4) is 0 Å². The summed E-state index contributed by atoms with van der Waals surface area (Å²) < 4.78 is 26.0. The number of piperidine rings is 2. The largest absolute Gasteiger partial charge is 0.486 e. The number of rotatable bonds is 10. The smallest absolute Gasteiger partial charge is 0.417 e. The fraction of sp³-hybridized carbons (Fsp3) is 0.667. The fourth-order valence-electron chi connectivity index (χ4n) is 10.7. The second kappa shape index (κ2) is 14.9. The van der Waals surface area contributed by atoms with Gasteiger partial charge in [0.2, 0.25) is 0 Å². The number of hydrogen-bond acceptors (Lipinski definition) is 8. The standard InChI is InChI=1S/C42H56N2O6/c45-39(47-35-19-11-21-41(23-13-29-43-25-7-1-8-26-43)37(35)31-15-3-5-17-33(31)49-41)40(46)48-36-20-12-22-42(24-14-30-44-27-9-2-10-28-44)38(36)32-16-4-6-18-34(32)50-42/h3-6,15-18,35-38H,1-2,7-14,19-30H2. The van der Waals surface area contributed by atoms with Crippen molar-refractivity contribution >= 4 is 11.9 Å². The predicted octanol–water partition coefficient (Wildman–Crippen LogP) is 7.54. The van der Waals surface area contributed by atoms with E-state index in [2.05, 4.69) is 21.9 Å². The minimum absolute atomic E-state index is 0.0945. The van der Waals surface area contributed by atoms with E-state index < -0.39 is 35.3 Å². The molecule has 6 unspecified atom stereocenters. The minimum atomic E-state index is -0.878. The van der Waals surface area contributed by atoms with Gasteiger partial charge in [-0.3, -0.25) is 0 Å². The summed E-state index contributed by atoms with van der Waals surface area (Å²) in [6.45, 7) is 6.86. The van der Waals surface area contributed by atoms with E-state index in [9.17, 15) is 9.59 Å². The van der Waals surface area contributed by atoms with E-state index in [4.69, 9.17) is 18.9 Å². The van der Waals surface area contributed by atoms with Crippen LogP contribution >= 0.6 is 0 Å². The van der Waals surface area contributed by atoms with Crippen molar-refractivity contribution in [3.05, 3.63) is 59.7 Å².